The molecule has 0 amide bonds. The summed E-state index contributed by atoms with van der Waals surface area (Å²) < 4.78 is 5.24. The zero-order valence-electron chi connectivity index (χ0n) is 10.6. The molecule has 0 fully saturated rings. The standard InChI is InChI=1S/C14H12ClN3O/c1-9-3-4-10(8-16)14(17-9)18-12-7-11(15)5-6-13(12)19-2/h3-7H,1-2H3,(H,17,18). The molecule has 1 aromatic carbocycles. The average molecular weight is 274 g/mol. The van der Waals surface area contributed by atoms with Crippen molar-refractivity contribution >= 4 is 23.1 Å². The maximum Gasteiger partial charge on any atom is 0.148 e. The minimum Gasteiger partial charge on any atom is -0.495 e. The molecule has 1 N–H and O–H groups in total. The van der Waals surface area contributed by atoms with Crippen LogP contribution in [0.25, 0.3) is 0 Å². The molecule has 5 heteroatoms. The van der Waals surface area contributed by atoms with E-state index >= 15 is 0 Å². The van der Waals surface area contributed by atoms with E-state index in [4.69, 9.17) is 21.6 Å². The highest BCUT2D eigenvalue weighted by Crippen LogP contribution is 2.30. The number of methoxy groups -OCH3 is 1. The largest absolute Gasteiger partial charge is 0.495 e. The summed E-state index contributed by atoms with van der Waals surface area (Å²) in [4.78, 5) is 4.31. The predicted octanol–water partition coefficient (Wildman–Crippen LogP) is 3.67. The first-order valence-electron chi connectivity index (χ1n) is 5.62. The Morgan fingerprint density at radius 1 is 1.32 bits per heavy atom. The molecule has 0 aliphatic rings. The number of pyridine rings is 1. The second-order valence-corrected chi connectivity index (χ2v) is 4.37. The molecule has 1 aromatic heterocycles. The van der Waals surface area contributed by atoms with Crippen LogP contribution in [0.3, 0.4) is 0 Å². The molecule has 0 radical (unpaired) electrons. The molecule has 1 heterocycles. The van der Waals surface area contributed by atoms with Gasteiger partial charge in [0.15, 0.2) is 0 Å². The first kappa shape index (κ1) is 13.2. The second-order valence-electron chi connectivity index (χ2n) is 3.93. The van der Waals surface area contributed by atoms with E-state index in [1.165, 1.54) is 0 Å². The van der Waals surface area contributed by atoms with Gasteiger partial charge in [-0.1, -0.05) is 11.6 Å². The van der Waals surface area contributed by atoms with Gasteiger partial charge in [-0.25, -0.2) is 4.98 Å². The highest BCUT2D eigenvalue weighted by Gasteiger charge is 2.09. The lowest BCUT2D eigenvalue weighted by Crippen LogP contribution is -2.00. The van der Waals surface area contributed by atoms with Crippen LogP contribution in [0.5, 0.6) is 5.75 Å². The van der Waals surface area contributed by atoms with E-state index in [0.29, 0.717) is 27.8 Å². The van der Waals surface area contributed by atoms with Crippen molar-refractivity contribution in [3.05, 3.63) is 46.6 Å². The molecule has 0 aliphatic carbocycles. The highest BCUT2D eigenvalue weighted by atomic mass is 35.5. The summed E-state index contributed by atoms with van der Waals surface area (Å²) in [5, 5.41) is 12.7. The van der Waals surface area contributed by atoms with Crippen LogP contribution in [-0.4, -0.2) is 12.1 Å². The van der Waals surface area contributed by atoms with E-state index in [1.54, 1.807) is 37.4 Å². The lowest BCUT2D eigenvalue weighted by molar-refractivity contribution is 0.417. The molecule has 19 heavy (non-hydrogen) atoms. The smallest absolute Gasteiger partial charge is 0.148 e. The minimum atomic E-state index is 0.465. The molecule has 4 nitrogen and oxygen atoms in total. The molecular formula is C14H12ClN3O. The van der Waals surface area contributed by atoms with Crippen LogP contribution in [0.1, 0.15) is 11.3 Å². The van der Waals surface area contributed by atoms with Crippen molar-refractivity contribution in [2.45, 2.75) is 6.92 Å². The van der Waals surface area contributed by atoms with Gasteiger partial charge < -0.3 is 10.1 Å². The summed E-state index contributed by atoms with van der Waals surface area (Å²) in [6.07, 6.45) is 0. The first-order valence-corrected chi connectivity index (χ1v) is 6.00. The molecule has 0 aliphatic heterocycles. The number of anilines is 2. The number of halogens is 1. The summed E-state index contributed by atoms with van der Waals surface area (Å²) in [5.41, 5.74) is 1.96. The van der Waals surface area contributed by atoms with Gasteiger partial charge in [0.2, 0.25) is 0 Å². The molecular weight excluding hydrogens is 262 g/mol. The monoisotopic (exact) mass is 273 g/mol. The van der Waals surface area contributed by atoms with Crippen LogP contribution in [0.15, 0.2) is 30.3 Å². The number of aromatic nitrogens is 1. The molecule has 0 atom stereocenters. The fourth-order valence-corrected chi connectivity index (χ4v) is 1.82. The summed E-state index contributed by atoms with van der Waals surface area (Å²) >= 11 is 5.96. The van der Waals surface area contributed by atoms with Crippen molar-refractivity contribution < 1.29 is 4.74 Å². The van der Waals surface area contributed by atoms with Gasteiger partial charge in [-0.3, -0.25) is 0 Å². The van der Waals surface area contributed by atoms with Gasteiger partial charge in [0.25, 0.3) is 0 Å². The maximum atomic E-state index is 9.08. The van der Waals surface area contributed by atoms with Gasteiger partial charge in [0, 0.05) is 10.7 Å². The van der Waals surface area contributed by atoms with E-state index in [0.717, 1.165) is 5.69 Å². The van der Waals surface area contributed by atoms with Crippen LogP contribution in [0.2, 0.25) is 5.02 Å². The van der Waals surface area contributed by atoms with E-state index < -0.39 is 0 Å². The van der Waals surface area contributed by atoms with Crippen molar-refractivity contribution in [1.82, 2.24) is 4.98 Å². The highest BCUT2D eigenvalue weighted by molar-refractivity contribution is 6.31. The fraction of sp³-hybridized carbons (Fsp3) is 0.143. The van der Waals surface area contributed by atoms with E-state index in [1.807, 2.05) is 6.92 Å². The maximum absolute atomic E-state index is 9.08. The van der Waals surface area contributed by atoms with Gasteiger partial charge in [-0.2, -0.15) is 5.26 Å². The zero-order valence-corrected chi connectivity index (χ0v) is 11.3. The molecule has 2 aromatic rings. The Labute approximate surface area is 116 Å². The second kappa shape index (κ2) is 5.59. The number of nitrogens with one attached hydrogen (secondary N) is 1. The molecule has 0 spiro atoms. The van der Waals surface area contributed by atoms with Crippen molar-refractivity contribution in [2.75, 3.05) is 12.4 Å². The number of nitrogens with zero attached hydrogens (tertiary/aromatic N) is 2. The Hall–Kier alpha value is -2.25. The number of hydrogen-bond acceptors (Lipinski definition) is 4. The van der Waals surface area contributed by atoms with Crippen LogP contribution < -0.4 is 10.1 Å². The Bertz CT molecular complexity index is 650. The van der Waals surface area contributed by atoms with Gasteiger partial charge in [0.1, 0.15) is 17.6 Å². The van der Waals surface area contributed by atoms with E-state index in [-0.39, 0.29) is 0 Å². The molecule has 0 unspecified atom stereocenters. The summed E-state index contributed by atoms with van der Waals surface area (Å²) in [5.74, 6) is 1.12. The minimum absolute atomic E-state index is 0.465. The Kier molecular flexibility index (Phi) is 3.88. The summed E-state index contributed by atoms with van der Waals surface area (Å²) in [7, 11) is 1.57. The number of benzene rings is 1. The summed E-state index contributed by atoms with van der Waals surface area (Å²) in [6.45, 7) is 1.86. The lowest BCUT2D eigenvalue weighted by atomic mass is 10.2. The Balaban J connectivity index is 2.44. The van der Waals surface area contributed by atoms with Crippen LogP contribution in [0.4, 0.5) is 11.5 Å². The van der Waals surface area contributed by atoms with Gasteiger partial charge >= 0.3 is 0 Å². The van der Waals surface area contributed by atoms with Crippen molar-refractivity contribution in [3.8, 4) is 11.8 Å². The lowest BCUT2D eigenvalue weighted by Gasteiger charge is -2.12. The summed E-state index contributed by atoms with van der Waals surface area (Å²) in [6, 6.07) is 10.8. The number of rotatable bonds is 3. The van der Waals surface area contributed by atoms with Crippen LogP contribution in [-0.2, 0) is 0 Å². The van der Waals surface area contributed by atoms with Crippen LogP contribution >= 0.6 is 11.6 Å². The molecule has 96 valence electrons. The SMILES string of the molecule is COc1ccc(Cl)cc1Nc1nc(C)ccc1C#N. The first-order chi connectivity index (χ1) is 9.13. The Morgan fingerprint density at radius 3 is 2.79 bits per heavy atom. The molecule has 0 saturated carbocycles. The molecule has 0 saturated heterocycles. The molecule has 2 rings (SSSR count). The fourth-order valence-electron chi connectivity index (χ4n) is 1.65. The average Bonchev–Trinajstić information content (AvgIpc) is 2.39. The van der Waals surface area contributed by atoms with Gasteiger partial charge in [-0.15, -0.1) is 0 Å². The normalized spacial score (nSPS) is 9.79. The molecule has 0 bridgehead atoms. The third-order valence-corrected chi connectivity index (χ3v) is 2.80. The number of aryl methyl sites for hydroxylation is 1. The third-order valence-electron chi connectivity index (χ3n) is 2.57. The predicted molar refractivity (Wildman–Crippen MR) is 75.0 cm³/mol. The van der Waals surface area contributed by atoms with Gasteiger partial charge in [0.05, 0.1) is 18.4 Å². The van der Waals surface area contributed by atoms with E-state index in [9.17, 15) is 0 Å². The number of ether oxygens (including phenoxy) is 1. The quantitative estimate of drug-likeness (QED) is 0.927. The number of hydrogen-bond donors (Lipinski definition) is 1. The van der Waals surface area contributed by atoms with E-state index in [2.05, 4.69) is 16.4 Å². The zero-order chi connectivity index (χ0) is 13.8. The topological polar surface area (TPSA) is 57.9 Å². The van der Waals surface area contributed by atoms with Crippen molar-refractivity contribution in [2.24, 2.45) is 0 Å². The van der Waals surface area contributed by atoms with Gasteiger partial charge in [-0.05, 0) is 37.3 Å². The Morgan fingerprint density at radius 2 is 2.11 bits per heavy atom. The van der Waals surface area contributed by atoms with Crippen molar-refractivity contribution in [1.29, 1.82) is 5.26 Å². The van der Waals surface area contributed by atoms with Crippen molar-refractivity contribution in [3.63, 3.8) is 0 Å². The third kappa shape index (κ3) is 2.95. The van der Waals surface area contributed by atoms with Crippen LogP contribution in [0, 0.1) is 18.3 Å². The number of nitriles is 1.